The zero-order valence-electron chi connectivity index (χ0n) is 10.6. The third kappa shape index (κ3) is 3.22. The monoisotopic (exact) mass is 249 g/mol. The van der Waals surface area contributed by atoms with E-state index >= 15 is 0 Å². The molecule has 1 aliphatic heterocycles. The van der Waals surface area contributed by atoms with E-state index < -0.39 is 0 Å². The van der Waals surface area contributed by atoms with Gasteiger partial charge in [0, 0.05) is 11.4 Å². The van der Waals surface area contributed by atoms with Gasteiger partial charge in [-0.1, -0.05) is 31.7 Å². The Labute approximate surface area is 107 Å². The lowest BCUT2D eigenvalue weighted by Crippen LogP contribution is -2.21. The minimum absolute atomic E-state index is 0.627. The van der Waals surface area contributed by atoms with Crippen LogP contribution in [0.5, 0.6) is 0 Å². The fourth-order valence-electron chi connectivity index (χ4n) is 1.70. The molecule has 1 atom stereocenters. The molecule has 1 aromatic heterocycles. The van der Waals surface area contributed by atoms with Crippen molar-refractivity contribution in [3.8, 4) is 0 Å². The van der Waals surface area contributed by atoms with Crippen LogP contribution >= 0.6 is 11.8 Å². The largest absolute Gasteiger partial charge is 0.359 e. The molecule has 1 aromatic rings. The summed E-state index contributed by atoms with van der Waals surface area (Å²) < 4.78 is 0. The van der Waals surface area contributed by atoms with Crippen LogP contribution in [0.2, 0.25) is 0 Å². The molecule has 0 fully saturated rings. The van der Waals surface area contributed by atoms with Gasteiger partial charge in [0.2, 0.25) is 0 Å². The second kappa shape index (κ2) is 5.54. The van der Waals surface area contributed by atoms with E-state index in [9.17, 15) is 0 Å². The average molecular weight is 249 g/mol. The maximum Gasteiger partial charge on any atom is 0.157 e. The summed E-state index contributed by atoms with van der Waals surface area (Å²) in [7, 11) is 0. The first-order valence-electron chi connectivity index (χ1n) is 6.02. The van der Waals surface area contributed by atoms with Crippen LogP contribution in [-0.4, -0.2) is 21.9 Å². The number of aliphatic imine (C=N–C) groups is 1. The molecule has 2 rings (SSSR count). The van der Waals surface area contributed by atoms with Gasteiger partial charge in [-0.3, -0.25) is 9.98 Å². The second-order valence-corrected chi connectivity index (χ2v) is 5.89. The second-order valence-electron chi connectivity index (χ2n) is 4.67. The van der Waals surface area contributed by atoms with Gasteiger partial charge in [0.05, 0.1) is 18.8 Å². The van der Waals surface area contributed by atoms with Crippen LogP contribution in [0.4, 0.5) is 0 Å². The summed E-state index contributed by atoms with van der Waals surface area (Å²) in [6.45, 7) is 8.29. The molecule has 92 valence electrons. The van der Waals surface area contributed by atoms with E-state index in [1.165, 1.54) is 5.56 Å². The van der Waals surface area contributed by atoms with Gasteiger partial charge in [-0.2, -0.15) is 0 Å². The highest BCUT2D eigenvalue weighted by molar-refractivity contribution is 8.14. The van der Waals surface area contributed by atoms with Gasteiger partial charge in [0.25, 0.3) is 0 Å². The van der Waals surface area contributed by atoms with Crippen molar-refractivity contribution in [3.05, 3.63) is 29.6 Å². The van der Waals surface area contributed by atoms with Gasteiger partial charge in [0.1, 0.15) is 0 Å². The van der Waals surface area contributed by atoms with E-state index in [0.717, 1.165) is 24.0 Å². The highest BCUT2D eigenvalue weighted by Crippen LogP contribution is 2.25. The van der Waals surface area contributed by atoms with Gasteiger partial charge in [0.15, 0.2) is 5.17 Å². The fraction of sp³-hybridized carbons (Fsp3) is 0.538. The number of thioether (sulfide) groups is 1. The van der Waals surface area contributed by atoms with E-state index in [2.05, 4.69) is 42.1 Å². The van der Waals surface area contributed by atoms with Crippen LogP contribution in [-0.2, 0) is 6.54 Å². The number of pyridine rings is 1. The molecule has 1 N–H and O–H groups in total. The van der Waals surface area contributed by atoms with Crippen molar-refractivity contribution in [1.82, 2.24) is 10.3 Å². The van der Waals surface area contributed by atoms with Gasteiger partial charge in [-0.25, -0.2) is 0 Å². The summed E-state index contributed by atoms with van der Waals surface area (Å²) in [5, 5.41) is 5.06. The number of hydrogen-bond donors (Lipinski definition) is 1. The lowest BCUT2D eigenvalue weighted by molar-refractivity contribution is 0.621. The molecule has 17 heavy (non-hydrogen) atoms. The van der Waals surface area contributed by atoms with E-state index in [1.54, 1.807) is 0 Å². The minimum Gasteiger partial charge on any atom is -0.359 e. The van der Waals surface area contributed by atoms with Crippen LogP contribution in [0.15, 0.2) is 23.3 Å². The molecule has 0 saturated heterocycles. The summed E-state index contributed by atoms with van der Waals surface area (Å²) >= 11 is 1.85. The van der Waals surface area contributed by atoms with Crippen molar-refractivity contribution in [2.24, 2.45) is 10.9 Å². The number of aromatic nitrogens is 1. The van der Waals surface area contributed by atoms with E-state index in [4.69, 9.17) is 0 Å². The van der Waals surface area contributed by atoms with Gasteiger partial charge >= 0.3 is 0 Å². The molecule has 1 aliphatic rings. The van der Waals surface area contributed by atoms with Crippen molar-refractivity contribution in [2.75, 3.05) is 6.54 Å². The average Bonchev–Trinajstić information content (AvgIpc) is 2.77. The maximum absolute atomic E-state index is 4.52. The number of nitrogens with zero attached hydrogens (tertiary/aromatic N) is 2. The third-order valence-corrected chi connectivity index (χ3v) is 4.44. The Bertz CT molecular complexity index is 415. The molecule has 2 heterocycles. The Morgan fingerprint density at radius 3 is 3.00 bits per heavy atom. The molecule has 3 nitrogen and oxygen atoms in total. The smallest absolute Gasteiger partial charge is 0.157 e. The zero-order chi connectivity index (χ0) is 12.3. The molecule has 0 bridgehead atoms. The van der Waals surface area contributed by atoms with E-state index in [-0.39, 0.29) is 0 Å². The molecular weight excluding hydrogens is 230 g/mol. The third-order valence-electron chi connectivity index (χ3n) is 2.95. The minimum atomic E-state index is 0.627. The molecule has 0 saturated carbocycles. The highest BCUT2D eigenvalue weighted by atomic mass is 32.2. The topological polar surface area (TPSA) is 37.3 Å². The van der Waals surface area contributed by atoms with Crippen molar-refractivity contribution in [2.45, 2.75) is 32.6 Å². The number of hydrogen-bond acceptors (Lipinski definition) is 4. The lowest BCUT2D eigenvalue weighted by atomic mass is 10.1. The van der Waals surface area contributed by atoms with Gasteiger partial charge in [-0.15, -0.1) is 0 Å². The Morgan fingerprint density at radius 2 is 2.35 bits per heavy atom. The Morgan fingerprint density at radius 1 is 1.53 bits per heavy atom. The van der Waals surface area contributed by atoms with Gasteiger partial charge < -0.3 is 5.32 Å². The molecule has 0 amide bonds. The standard InChI is InChI=1S/C13H19N3S/c1-9(2)12-8-16-13(17-12)15-7-11-10(3)5-4-6-14-11/h4-6,9,12H,7-8H2,1-3H3,(H,15,16). The van der Waals surface area contributed by atoms with Crippen LogP contribution in [0.1, 0.15) is 25.1 Å². The normalized spacial score (nSPS) is 19.5. The molecule has 1 unspecified atom stereocenters. The Balaban J connectivity index is 1.86. The van der Waals surface area contributed by atoms with Crippen LogP contribution < -0.4 is 5.32 Å². The van der Waals surface area contributed by atoms with Crippen molar-refractivity contribution < 1.29 is 0 Å². The first kappa shape index (κ1) is 12.4. The van der Waals surface area contributed by atoms with Crippen molar-refractivity contribution in [3.63, 3.8) is 0 Å². The van der Waals surface area contributed by atoms with Gasteiger partial charge in [-0.05, 0) is 24.5 Å². The van der Waals surface area contributed by atoms with Crippen LogP contribution in [0.25, 0.3) is 0 Å². The molecular formula is C13H19N3S. The molecule has 4 heteroatoms. The first-order chi connectivity index (χ1) is 8.16. The summed E-state index contributed by atoms with van der Waals surface area (Å²) in [6.07, 6.45) is 1.84. The predicted octanol–water partition coefficient (Wildman–Crippen LogP) is 2.61. The summed E-state index contributed by atoms with van der Waals surface area (Å²) in [5.41, 5.74) is 2.33. The van der Waals surface area contributed by atoms with Crippen molar-refractivity contribution in [1.29, 1.82) is 0 Å². The van der Waals surface area contributed by atoms with E-state index in [1.807, 2.05) is 24.0 Å². The maximum atomic E-state index is 4.52. The Kier molecular flexibility index (Phi) is 4.05. The lowest BCUT2D eigenvalue weighted by Gasteiger charge is -2.12. The fourth-order valence-corrected chi connectivity index (χ4v) is 2.71. The SMILES string of the molecule is Cc1cccnc1CNC1=NCC(C(C)C)S1. The number of rotatable bonds is 3. The zero-order valence-corrected chi connectivity index (χ0v) is 11.4. The number of aryl methyl sites for hydroxylation is 1. The molecule has 0 spiro atoms. The summed E-state index contributed by atoms with van der Waals surface area (Å²) in [6, 6.07) is 4.06. The van der Waals surface area contributed by atoms with Crippen LogP contribution in [0, 0.1) is 12.8 Å². The van der Waals surface area contributed by atoms with E-state index in [0.29, 0.717) is 11.2 Å². The predicted molar refractivity (Wildman–Crippen MR) is 74.3 cm³/mol. The number of amidine groups is 1. The highest BCUT2D eigenvalue weighted by Gasteiger charge is 2.22. The first-order valence-corrected chi connectivity index (χ1v) is 6.90. The summed E-state index contributed by atoms with van der Waals surface area (Å²) in [5.74, 6) is 0.680. The van der Waals surface area contributed by atoms with Crippen LogP contribution in [0.3, 0.4) is 0 Å². The molecule has 0 radical (unpaired) electrons. The number of nitrogens with one attached hydrogen (secondary N) is 1. The van der Waals surface area contributed by atoms with Crippen molar-refractivity contribution >= 4 is 16.9 Å². The molecule has 0 aliphatic carbocycles. The Hall–Kier alpha value is -1.03. The summed E-state index contributed by atoms with van der Waals surface area (Å²) in [4.78, 5) is 8.89. The quantitative estimate of drug-likeness (QED) is 0.894. The molecule has 0 aromatic carbocycles.